The summed E-state index contributed by atoms with van der Waals surface area (Å²) in [5, 5.41) is 13.3. The molecule has 1 amide bonds. The third-order valence-corrected chi connectivity index (χ3v) is 6.18. The molecule has 0 heterocycles. The number of hydrogen-bond acceptors (Lipinski definition) is 5. The van der Waals surface area contributed by atoms with Gasteiger partial charge in [-0.15, -0.1) is 0 Å². The number of anilines is 1. The highest BCUT2D eigenvalue weighted by Crippen LogP contribution is 2.46. The number of methoxy groups -OCH3 is 3. The molecule has 0 saturated heterocycles. The van der Waals surface area contributed by atoms with Gasteiger partial charge in [0.25, 0.3) is 0 Å². The highest BCUT2D eigenvalue weighted by atomic mass is 16.5. The fourth-order valence-corrected chi connectivity index (χ4v) is 4.28. The van der Waals surface area contributed by atoms with E-state index in [4.69, 9.17) is 14.2 Å². The van der Waals surface area contributed by atoms with E-state index >= 15 is 0 Å². The lowest BCUT2D eigenvalue weighted by molar-refractivity contribution is -0.115. The van der Waals surface area contributed by atoms with Crippen LogP contribution in [0.3, 0.4) is 0 Å². The molecule has 0 radical (unpaired) electrons. The molecular formula is C29H29NO5. The number of fused-ring (bicyclic) bond motifs is 1. The van der Waals surface area contributed by atoms with E-state index in [0.29, 0.717) is 11.5 Å². The Morgan fingerprint density at radius 2 is 1.54 bits per heavy atom. The van der Waals surface area contributed by atoms with Gasteiger partial charge in [0.15, 0.2) is 11.5 Å². The number of carbonyl (C=O) groups excluding carboxylic acids is 1. The average molecular weight is 472 g/mol. The smallest absolute Gasteiger partial charge is 0.228 e. The maximum absolute atomic E-state index is 13.0. The number of nitrogens with one attached hydrogen (secondary N) is 1. The molecule has 0 aromatic heterocycles. The Morgan fingerprint density at radius 3 is 2.14 bits per heavy atom. The molecule has 3 aromatic rings. The Kier molecular flexibility index (Phi) is 6.82. The Morgan fingerprint density at radius 1 is 0.886 bits per heavy atom. The van der Waals surface area contributed by atoms with Crippen LogP contribution in [-0.2, 0) is 4.79 Å². The van der Waals surface area contributed by atoms with Crippen molar-refractivity contribution in [2.75, 3.05) is 26.6 Å². The van der Waals surface area contributed by atoms with Gasteiger partial charge in [-0.1, -0.05) is 23.8 Å². The van der Waals surface area contributed by atoms with Gasteiger partial charge < -0.3 is 24.6 Å². The highest BCUT2D eigenvalue weighted by Gasteiger charge is 2.26. The summed E-state index contributed by atoms with van der Waals surface area (Å²) in [4.78, 5) is 13.0. The van der Waals surface area contributed by atoms with Crippen molar-refractivity contribution in [1.82, 2.24) is 0 Å². The lowest BCUT2D eigenvalue weighted by atomic mass is 10.00. The zero-order chi connectivity index (χ0) is 25.1. The van der Waals surface area contributed by atoms with E-state index in [1.807, 2.05) is 62.4 Å². The molecule has 0 fully saturated rings. The monoisotopic (exact) mass is 471 g/mol. The first kappa shape index (κ1) is 24.0. The average Bonchev–Trinajstić information content (AvgIpc) is 3.11. The standard InChI is InChI=1S/C29H29NO5/c1-17-6-8-20(9-7-17)30-28(31)16-24-18(2)23(22-11-10-21(33-3)15-25(22)24)12-19-13-26(34-4)29(32)27(14-19)35-5/h6-15,32H,16H2,1-5H3,(H,30,31). The van der Waals surface area contributed by atoms with Crippen LogP contribution in [0.1, 0.15) is 35.6 Å². The molecule has 0 spiro atoms. The quantitative estimate of drug-likeness (QED) is 0.437. The van der Waals surface area contributed by atoms with E-state index in [1.54, 1.807) is 19.2 Å². The number of aromatic hydroxyl groups is 1. The molecule has 0 unspecified atom stereocenters. The van der Waals surface area contributed by atoms with Gasteiger partial charge >= 0.3 is 0 Å². The summed E-state index contributed by atoms with van der Waals surface area (Å²) < 4.78 is 16.1. The zero-order valence-electron chi connectivity index (χ0n) is 20.6. The van der Waals surface area contributed by atoms with Gasteiger partial charge in [0.2, 0.25) is 11.7 Å². The fraction of sp³-hybridized carbons (Fsp3) is 0.207. The van der Waals surface area contributed by atoms with Crippen molar-refractivity contribution in [2.24, 2.45) is 0 Å². The summed E-state index contributed by atoms with van der Waals surface area (Å²) in [5.41, 5.74) is 7.59. The largest absolute Gasteiger partial charge is 0.502 e. The van der Waals surface area contributed by atoms with Gasteiger partial charge in [-0.05, 0) is 89.7 Å². The van der Waals surface area contributed by atoms with Crippen LogP contribution < -0.4 is 19.5 Å². The van der Waals surface area contributed by atoms with E-state index < -0.39 is 0 Å². The number of phenols is 1. The van der Waals surface area contributed by atoms with Gasteiger partial charge in [-0.3, -0.25) is 4.79 Å². The summed E-state index contributed by atoms with van der Waals surface area (Å²) in [5.74, 6) is 1.23. The van der Waals surface area contributed by atoms with Crippen molar-refractivity contribution >= 4 is 28.8 Å². The summed E-state index contributed by atoms with van der Waals surface area (Å²) in [7, 11) is 4.62. The summed E-state index contributed by atoms with van der Waals surface area (Å²) >= 11 is 0. The summed E-state index contributed by atoms with van der Waals surface area (Å²) in [6.07, 6.45) is 2.23. The normalized spacial score (nSPS) is 13.6. The Hall–Kier alpha value is -4.19. The topological polar surface area (TPSA) is 77.0 Å². The first-order valence-electron chi connectivity index (χ1n) is 11.3. The molecule has 0 atom stereocenters. The number of hydrogen-bond donors (Lipinski definition) is 2. The second-order valence-electron chi connectivity index (χ2n) is 8.44. The van der Waals surface area contributed by atoms with E-state index in [9.17, 15) is 9.90 Å². The van der Waals surface area contributed by atoms with Gasteiger partial charge in [0.1, 0.15) is 5.75 Å². The SMILES string of the molecule is COc1ccc2c(c1)C(CC(=O)Nc1ccc(C)cc1)=C(C)C2=Cc1cc(OC)c(O)c(OC)c1. The van der Waals surface area contributed by atoms with Gasteiger partial charge in [0.05, 0.1) is 27.8 Å². The van der Waals surface area contributed by atoms with Crippen molar-refractivity contribution in [2.45, 2.75) is 20.3 Å². The summed E-state index contributed by atoms with van der Waals surface area (Å²) in [6, 6.07) is 17.1. The predicted molar refractivity (Wildman–Crippen MR) is 139 cm³/mol. The number of phenolic OH excluding ortho intramolecular Hbond substituents is 1. The molecule has 180 valence electrons. The molecule has 1 aliphatic rings. The van der Waals surface area contributed by atoms with Crippen molar-refractivity contribution in [3.8, 4) is 23.0 Å². The molecule has 35 heavy (non-hydrogen) atoms. The van der Waals surface area contributed by atoms with Crippen LogP contribution in [0.4, 0.5) is 5.69 Å². The number of amides is 1. The van der Waals surface area contributed by atoms with E-state index in [-0.39, 0.29) is 18.1 Å². The van der Waals surface area contributed by atoms with E-state index in [2.05, 4.69) is 5.32 Å². The minimum absolute atomic E-state index is 0.0468. The van der Waals surface area contributed by atoms with Crippen LogP contribution in [-0.4, -0.2) is 32.3 Å². The Bertz CT molecular complexity index is 1310. The first-order chi connectivity index (χ1) is 16.8. The number of rotatable bonds is 7. The van der Waals surface area contributed by atoms with Crippen LogP contribution in [0.25, 0.3) is 17.2 Å². The third-order valence-electron chi connectivity index (χ3n) is 6.18. The van der Waals surface area contributed by atoms with Gasteiger partial charge in [-0.2, -0.15) is 0 Å². The zero-order valence-corrected chi connectivity index (χ0v) is 20.6. The lowest BCUT2D eigenvalue weighted by Crippen LogP contribution is -2.12. The van der Waals surface area contributed by atoms with Gasteiger partial charge in [-0.25, -0.2) is 0 Å². The fourth-order valence-electron chi connectivity index (χ4n) is 4.28. The molecule has 6 nitrogen and oxygen atoms in total. The molecule has 2 N–H and O–H groups in total. The van der Waals surface area contributed by atoms with Crippen molar-refractivity contribution < 1.29 is 24.1 Å². The maximum atomic E-state index is 13.0. The molecule has 0 bridgehead atoms. The van der Waals surface area contributed by atoms with Gasteiger partial charge in [0, 0.05) is 5.69 Å². The highest BCUT2D eigenvalue weighted by molar-refractivity contribution is 6.10. The van der Waals surface area contributed by atoms with Crippen molar-refractivity contribution in [3.05, 3.63) is 82.4 Å². The number of carbonyl (C=O) groups is 1. The van der Waals surface area contributed by atoms with Crippen LogP contribution in [0, 0.1) is 6.92 Å². The third kappa shape index (κ3) is 4.87. The first-order valence-corrected chi connectivity index (χ1v) is 11.3. The van der Waals surface area contributed by atoms with E-state index in [0.717, 1.165) is 50.4 Å². The van der Waals surface area contributed by atoms with Crippen LogP contribution in [0.2, 0.25) is 0 Å². The van der Waals surface area contributed by atoms with Crippen LogP contribution in [0.15, 0.2) is 60.2 Å². The molecule has 0 aliphatic heterocycles. The van der Waals surface area contributed by atoms with Crippen LogP contribution >= 0.6 is 0 Å². The van der Waals surface area contributed by atoms with E-state index in [1.165, 1.54) is 14.2 Å². The molecular weight excluding hydrogens is 442 g/mol. The molecule has 0 saturated carbocycles. The number of ether oxygens (including phenoxy) is 3. The molecule has 6 heteroatoms. The molecule has 3 aromatic carbocycles. The second-order valence-corrected chi connectivity index (χ2v) is 8.44. The Balaban J connectivity index is 1.75. The Labute approximate surface area is 205 Å². The number of aryl methyl sites for hydroxylation is 1. The van der Waals surface area contributed by atoms with Crippen LogP contribution in [0.5, 0.6) is 23.0 Å². The van der Waals surface area contributed by atoms with Crippen molar-refractivity contribution in [3.63, 3.8) is 0 Å². The summed E-state index contributed by atoms with van der Waals surface area (Å²) in [6.45, 7) is 4.03. The number of benzene rings is 3. The van der Waals surface area contributed by atoms with Crippen molar-refractivity contribution in [1.29, 1.82) is 0 Å². The second kappa shape index (κ2) is 9.97. The lowest BCUT2D eigenvalue weighted by Gasteiger charge is -2.11. The molecule has 4 rings (SSSR count). The minimum atomic E-state index is -0.0915. The maximum Gasteiger partial charge on any atom is 0.228 e. The number of allylic oxidation sites excluding steroid dienone is 2. The minimum Gasteiger partial charge on any atom is -0.502 e. The predicted octanol–water partition coefficient (Wildman–Crippen LogP) is 6.08. The molecule has 1 aliphatic carbocycles.